The Bertz CT molecular complexity index is 1820. The van der Waals surface area contributed by atoms with Gasteiger partial charge < -0.3 is 33.8 Å². The average Bonchev–Trinajstić information content (AvgIpc) is 3.09. The Balaban J connectivity index is 5.12. The number of phosphoric ester groups is 2. The molecule has 0 radical (unpaired) electrons. The number of hydrogen-bond donors (Lipinski definition) is 3. The van der Waals surface area contributed by atoms with Crippen LogP contribution < -0.4 is 0 Å². The number of carbonyl (C=O) groups is 4. The highest BCUT2D eigenvalue weighted by Gasteiger charge is 2.30. The molecule has 0 heterocycles. The fraction of sp³-hybridized carbons (Fsp3) is 0.947. The quantitative estimate of drug-likeness (QED) is 0.0222. The molecule has 0 aromatic rings. The number of aliphatic hydroxyl groups is 1. The van der Waals surface area contributed by atoms with Crippen molar-refractivity contribution in [2.24, 2.45) is 5.92 Å². The highest BCUT2D eigenvalue weighted by Crippen LogP contribution is 2.45. The van der Waals surface area contributed by atoms with Crippen LogP contribution in [0.4, 0.5) is 0 Å². The van der Waals surface area contributed by atoms with Crippen LogP contribution in [0.25, 0.3) is 0 Å². The monoisotopic (exact) mass is 1400 g/mol. The lowest BCUT2D eigenvalue weighted by molar-refractivity contribution is -0.161. The van der Waals surface area contributed by atoms with E-state index >= 15 is 0 Å². The van der Waals surface area contributed by atoms with Crippen LogP contribution in [0, 0.1) is 5.92 Å². The van der Waals surface area contributed by atoms with E-state index in [0.717, 1.165) is 102 Å². The van der Waals surface area contributed by atoms with Crippen LogP contribution >= 0.6 is 15.6 Å². The Labute approximate surface area is 581 Å². The van der Waals surface area contributed by atoms with Gasteiger partial charge in [0.25, 0.3) is 0 Å². The fourth-order valence-electron chi connectivity index (χ4n) is 11.7. The number of hydrogen-bond acceptors (Lipinski definition) is 15. The smallest absolute Gasteiger partial charge is 0.462 e. The summed E-state index contributed by atoms with van der Waals surface area (Å²) >= 11 is 0. The first-order valence-corrected chi connectivity index (χ1v) is 42.6. The Morgan fingerprint density at radius 2 is 0.484 bits per heavy atom. The van der Waals surface area contributed by atoms with Crippen molar-refractivity contribution in [3.05, 3.63) is 0 Å². The highest BCUT2D eigenvalue weighted by atomic mass is 31.2. The van der Waals surface area contributed by atoms with Gasteiger partial charge in [0.1, 0.15) is 19.3 Å². The standard InChI is InChI=1S/C76H148O17P2/c1-6-9-12-15-17-19-21-23-29-34-37-41-45-50-55-60-74(79)87-66-72(93-76(81)62-57-52-47-43-39-35-31-28-26-25-27-30-32-36-40-44-49-53-58-69(4)5)68-91-95(84,85)89-64-70(77)63-88-94(82,83)90-67-71(65-86-73(78)59-54-48-14-11-8-3)92-75(80)61-56-51-46-42-38-33-24-22-20-18-16-13-10-7-2/h69-72,77H,6-68H2,1-5H3,(H,82,83)(H,84,85)/t70-,71+,72+/m0/s1. The summed E-state index contributed by atoms with van der Waals surface area (Å²) in [5, 5.41) is 10.6. The summed E-state index contributed by atoms with van der Waals surface area (Å²) in [5.41, 5.74) is 0. The van der Waals surface area contributed by atoms with E-state index in [1.54, 1.807) is 0 Å². The average molecular weight is 1400 g/mol. The Morgan fingerprint density at radius 3 is 0.716 bits per heavy atom. The zero-order chi connectivity index (χ0) is 69.8. The van der Waals surface area contributed by atoms with Crippen molar-refractivity contribution in [2.45, 2.75) is 419 Å². The number of ether oxygens (including phenoxy) is 4. The zero-order valence-electron chi connectivity index (χ0n) is 61.8. The van der Waals surface area contributed by atoms with Crippen LogP contribution in [-0.2, 0) is 65.4 Å². The van der Waals surface area contributed by atoms with Gasteiger partial charge in [0.15, 0.2) is 12.2 Å². The molecule has 2 unspecified atom stereocenters. The lowest BCUT2D eigenvalue weighted by Crippen LogP contribution is -2.30. The third kappa shape index (κ3) is 70.3. The van der Waals surface area contributed by atoms with Gasteiger partial charge in [-0.05, 0) is 31.6 Å². The lowest BCUT2D eigenvalue weighted by atomic mass is 10.0. The molecule has 0 rings (SSSR count). The molecule has 95 heavy (non-hydrogen) atoms. The van der Waals surface area contributed by atoms with Crippen molar-refractivity contribution in [1.29, 1.82) is 0 Å². The normalized spacial score (nSPS) is 13.9. The van der Waals surface area contributed by atoms with Gasteiger partial charge in [0, 0.05) is 25.7 Å². The fourth-order valence-corrected chi connectivity index (χ4v) is 13.3. The van der Waals surface area contributed by atoms with Crippen LogP contribution in [0.2, 0.25) is 0 Å². The van der Waals surface area contributed by atoms with Gasteiger partial charge in [-0.15, -0.1) is 0 Å². The summed E-state index contributed by atoms with van der Waals surface area (Å²) in [7, 11) is -9.90. The third-order valence-corrected chi connectivity index (χ3v) is 19.7. The molecule has 0 aromatic heterocycles. The molecule has 0 fully saturated rings. The van der Waals surface area contributed by atoms with Gasteiger partial charge in [-0.1, -0.05) is 349 Å². The maximum absolute atomic E-state index is 13.1. The largest absolute Gasteiger partial charge is 0.472 e. The second kappa shape index (κ2) is 69.2. The Morgan fingerprint density at radius 1 is 0.284 bits per heavy atom. The summed E-state index contributed by atoms with van der Waals surface area (Å²) in [4.78, 5) is 72.5. The van der Waals surface area contributed by atoms with Gasteiger partial charge >= 0.3 is 39.5 Å². The van der Waals surface area contributed by atoms with Crippen LogP contribution in [0.15, 0.2) is 0 Å². The summed E-state index contributed by atoms with van der Waals surface area (Å²) in [6.07, 6.45) is 58.7. The van der Waals surface area contributed by atoms with E-state index in [9.17, 15) is 43.2 Å². The van der Waals surface area contributed by atoms with Crippen LogP contribution in [0.5, 0.6) is 0 Å². The van der Waals surface area contributed by atoms with E-state index in [0.29, 0.717) is 25.7 Å². The minimum Gasteiger partial charge on any atom is -0.462 e. The van der Waals surface area contributed by atoms with Crippen molar-refractivity contribution < 1.29 is 80.2 Å². The molecule has 5 atom stereocenters. The van der Waals surface area contributed by atoms with Crippen molar-refractivity contribution in [3.8, 4) is 0 Å². The maximum Gasteiger partial charge on any atom is 0.472 e. The second-order valence-electron chi connectivity index (χ2n) is 27.9. The SMILES string of the molecule is CCCCCCCCCCCCCCCCCC(=O)OC[C@H](COP(=O)(O)OC[C@@H](O)COP(=O)(O)OC[C@@H](COC(=O)CCCCCCC)OC(=O)CCCCCCCCCCCCCCCC)OC(=O)CCCCCCCCCCCCCCCCCCCCC(C)C. The zero-order valence-corrected chi connectivity index (χ0v) is 63.6. The molecule has 3 N–H and O–H groups in total. The number of carbonyl (C=O) groups excluding carboxylic acids is 4. The van der Waals surface area contributed by atoms with Crippen molar-refractivity contribution in [1.82, 2.24) is 0 Å². The molecule has 0 aliphatic carbocycles. The van der Waals surface area contributed by atoms with E-state index in [1.165, 1.54) is 218 Å². The molecule has 19 heteroatoms. The molecule has 0 saturated heterocycles. The Hall–Kier alpha value is -1.94. The molecular formula is C76H148O17P2. The first-order chi connectivity index (χ1) is 46.0. The van der Waals surface area contributed by atoms with Crippen LogP contribution in [-0.4, -0.2) is 96.7 Å². The summed E-state index contributed by atoms with van der Waals surface area (Å²) in [6, 6.07) is 0. The summed E-state index contributed by atoms with van der Waals surface area (Å²) in [6.45, 7) is 7.25. The molecule has 0 spiro atoms. The molecule has 0 amide bonds. The molecule has 0 saturated carbocycles. The van der Waals surface area contributed by atoms with Gasteiger partial charge in [0.2, 0.25) is 0 Å². The molecule has 0 aliphatic rings. The molecule has 17 nitrogen and oxygen atoms in total. The third-order valence-electron chi connectivity index (χ3n) is 17.8. The molecular weight excluding hydrogens is 1250 g/mol. The van der Waals surface area contributed by atoms with Crippen LogP contribution in [0.3, 0.4) is 0 Å². The van der Waals surface area contributed by atoms with E-state index in [-0.39, 0.29) is 25.7 Å². The molecule has 564 valence electrons. The van der Waals surface area contributed by atoms with Crippen molar-refractivity contribution >= 4 is 39.5 Å². The van der Waals surface area contributed by atoms with E-state index < -0.39 is 97.5 Å². The summed E-state index contributed by atoms with van der Waals surface area (Å²) in [5.74, 6) is -1.30. The number of esters is 4. The second-order valence-corrected chi connectivity index (χ2v) is 30.8. The maximum atomic E-state index is 13.1. The number of phosphoric acid groups is 2. The highest BCUT2D eigenvalue weighted by molar-refractivity contribution is 7.47. The minimum absolute atomic E-state index is 0.107. The molecule has 0 aliphatic heterocycles. The van der Waals surface area contributed by atoms with E-state index in [2.05, 4.69) is 34.6 Å². The predicted octanol–water partition coefficient (Wildman–Crippen LogP) is 22.5. The number of rotatable bonds is 76. The topological polar surface area (TPSA) is 237 Å². The minimum atomic E-state index is -4.95. The predicted molar refractivity (Wildman–Crippen MR) is 386 cm³/mol. The first-order valence-electron chi connectivity index (χ1n) is 39.6. The summed E-state index contributed by atoms with van der Waals surface area (Å²) < 4.78 is 68.3. The lowest BCUT2D eigenvalue weighted by Gasteiger charge is -2.21. The van der Waals surface area contributed by atoms with E-state index in [4.69, 9.17) is 37.0 Å². The number of aliphatic hydroxyl groups excluding tert-OH is 1. The van der Waals surface area contributed by atoms with E-state index in [1.807, 2.05) is 0 Å². The van der Waals surface area contributed by atoms with Crippen LogP contribution in [0.1, 0.15) is 401 Å². The molecule has 0 bridgehead atoms. The van der Waals surface area contributed by atoms with Gasteiger partial charge in [0.05, 0.1) is 26.4 Å². The van der Waals surface area contributed by atoms with Gasteiger partial charge in [-0.3, -0.25) is 37.3 Å². The first kappa shape index (κ1) is 93.1. The van der Waals surface area contributed by atoms with Gasteiger partial charge in [-0.25, -0.2) is 9.13 Å². The Kier molecular flexibility index (Phi) is 67.7. The number of unbranched alkanes of at least 4 members (excludes halogenated alkanes) is 48. The van der Waals surface area contributed by atoms with Gasteiger partial charge in [-0.2, -0.15) is 0 Å². The van der Waals surface area contributed by atoms with Crippen molar-refractivity contribution in [3.63, 3.8) is 0 Å². The van der Waals surface area contributed by atoms with Crippen molar-refractivity contribution in [2.75, 3.05) is 39.6 Å². The molecule has 0 aromatic carbocycles.